The highest BCUT2D eigenvalue weighted by atomic mass is 16.5. The van der Waals surface area contributed by atoms with E-state index in [-0.39, 0.29) is 17.8 Å². The van der Waals surface area contributed by atoms with Crippen LogP contribution in [0.2, 0.25) is 0 Å². The Hall–Kier alpha value is -2.81. The normalized spacial score (nSPS) is 25.7. The second-order valence-electron chi connectivity index (χ2n) is 10.8. The van der Waals surface area contributed by atoms with E-state index in [0.717, 1.165) is 37.7 Å². The summed E-state index contributed by atoms with van der Waals surface area (Å²) < 4.78 is 4.71. The van der Waals surface area contributed by atoms with E-state index in [1.54, 1.807) is 12.4 Å². The van der Waals surface area contributed by atoms with Gasteiger partial charge in [0.2, 0.25) is 0 Å². The van der Waals surface area contributed by atoms with Crippen LogP contribution in [0, 0.1) is 17.3 Å². The lowest BCUT2D eigenvalue weighted by Gasteiger charge is -2.56. The lowest BCUT2D eigenvalue weighted by molar-refractivity contribution is -0.159. The molecule has 2 aromatic heterocycles. The summed E-state index contributed by atoms with van der Waals surface area (Å²) >= 11 is 0. The van der Waals surface area contributed by atoms with E-state index in [4.69, 9.17) is 4.74 Å². The van der Waals surface area contributed by atoms with Crippen LogP contribution in [0.5, 0.6) is 0 Å². The molecule has 1 spiro atoms. The number of rotatable bonds is 8. The Morgan fingerprint density at radius 1 is 1.26 bits per heavy atom. The smallest absolute Gasteiger partial charge is 0.308 e. The maximum absolute atomic E-state index is 12.4. The van der Waals surface area contributed by atoms with Crippen molar-refractivity contribution in [2.45, 2.75) is 76.8 Å². The molecule has 3 N–H and O–H groups in total. The summed E-state index contributed by atoms with van der Waals surface area (Å²) in [5, 5.41) is 6.03. The molecule has 2 aromatic rings. The van der Waals surface area contributed by atoms with Gasteiger partial charge in [-0.05, 0) is 63.3 Å². The second kappa shape index (κ2) is 10.4. The van der Waals surface area contributed by atoms with E-state index in [2.05, 4.69) is 25.6 Å². The van der Waals surface area contributed by atoms with Crippen molar-refractivity contribution in [1.29, 1.82) is 0 Å². The first-order valence-corrected chi connectivity index (χ1v) is 12.6. The van der Waals surface area contributed by atoms with Gasteiger partial charge in [0.15, 0.2) is 5.65 Å². The van der Waals surface area contributed by atoms with Gasteiger partial charge >= 0.3 is 5.97 Å². The molecule has 35 heavy (non-hydrogen) atoms. The summed E-state index contributed by atoms with van der Waals surface area (Å²) in [5.74, 6) is 0.707. The minimum atomic E-state index is -0.475. The number of ether oxygens (including phenoxy) is 1. The van der Waals surface area contributed by atoms with Crippen LogP contribution in [0.25, 0.3) is 11.2 Å². The molecule has 1 amide bonds. The van der Waals surface area contributed by atoms with Crippen molar-refractivity contribution in [3.05, 3.63) is 23.7 Å². The van der Waals surface area contributed by atoms with E-state index < -0.39 is 6.04 Å². The van der Waals surface area contributed by atoms with E-state index in [0.29, 0.717) is 46.4 Å². The number of hydrogen-bond donors (Lipinski definition) is 3. The predicted molar refractivity (Wildman–Crippen MR) is 132 cm³/mol. The Balaban J connectivity index is 0.000000189. The summed E-state index contributed by atoms with van der Waals surface area (Å²) in [7, 11) is 3.48. The van der Waals surface area contributed by atoms with Crippen molar-refractivity contribution >= 4 is 29.3 Å². The standard InChI is InChI=1S/C16H20N4O2.C10H17NO2/c1-9(2)5-11(8-21)19-16(22)12-6-17-15-14(12)20-13(7-18-15)10-3-4-10;1-11-8-5-10(6-8)3-7(4-10)9(12)13-2/h6-11H,3-5H2,1-2H3,(H,17,18)(H,19,22);7-8,11H,3-6H2,1-2H3. The maximum atomic E-state index is 12.4. The number of nitrogens with zero attached hydrogens (tertiary/aromatic N) is 2. The van der Waals surface area contributed by atoms with Crippen LogP contribution in [-0.4, -0.2) is 59.4 Å². The molecule has 5 rings (SSSR count). The average molecular weight is 484 g/mol. The van der Waals surface area contributed by atoms with E-state index >= 15 is 0 Å². The number of esters is 1. The number of fused-ring (bicyclic) bond motifs is 1. The molecular formula is C26H37N5O4. The minimum Gasteiger partial charge on any atom is -0.469 e. The second-order valence-corrected chi connectivity index (χ2v) is 10.8. The monoisotopic (exact) mass is 483 g/mol. The van der Waals surface area contributed by atoms with Crippen LogP contribution in [0.1, 0.15) is 80.8 Å². The maximum Gasteiger partial charge on any atom is 0.308 e. The molecule has 1 unspecified atom stereocenters. The van der Waals surface area contributed by atoms with E-state index in [9.17, 15) is 14.4 Å². The largest absolute Gasteiger partial charge is 0.469 e. The third-order valence-corrected chi connectivity index (χ3v) is 7.51. The molecule has 3 aliphatic carbocycles. The molecule has 9 nitrogen and oxygen atoms in total. The molecule has 0 radical (unpaired) electrons. The van der Waals surface area contributed by atoms with Crippen molar-refractivity contribution in [1.82, 2.24) is 25.6 Å². The number of carbonyl (C=O) groups excluding carboxylic acids is 3. The van der Waals surface area contributed by atoms with Crippen LogP contribution in [0.4, 0.5) is 0 Å². The summed E-state index contributed by atoms with van der Waals surface area (Å²) in [5.41, 5.74) is 3.07. The Kier molecular flexibility index (Phi) is 7.54. The number of nitrogens with one attached hydrogen (secondary N) is 3. The highest BCUT2D eigenvalue weighted by molar-refractivity contribution is 6.05. The molecule has 0 bridgehead atoms. The van der Waals surface area contributed by atoms with E-state index in [1.807, 2.05) is 20.9 Å². The van der Waals surface area contributed by atoms with Crippen LogP contribution < -0.4 is 10.6 Å². The molecule has 3 fully saturated rings. The van der Waals surface area contributed by atoms with Gasteiger partial charge in [-0.15, -0.1) is 0 Å². The topological polar surface area (TPSA) is 126 Å². The molecule has 190 valence electrons. The van der Waals surface area contributed by atoms with Gasteiger partial charge in [-0.2, -0.15) is 0 Å². The van der Waals surface area contributed by atoms with Gasteiger partial charge < -0.3 is 25.1 Å². The summed E-state index contributed by atoms with van der Waals surface area (Å²) in [4.78, 5) is 46.5. The third kappa shape index (κ3) is 5.72. The molecule has 0 aromatic carbocycles. The van der Waals surface area contributed by atoms with Crippen LogP contribution in [-0.2, 0) is 14.3 Å². The Morgan fingerprint density at radius 3 is 2.54 bits per heavy atom. The third-order valence-electron chi connectivity index (χ3n) is 7.51. The number of aromatic amines is 1. The molecule has 9 heteroatoms. The fourth-order valence-corrected chi connectivity index (χ4v) is 5.40. The SMILES string of the molecule is CC(C)CC(C=O)NC(=O)c1c[nH]c2ncc(C3CC3)nc12.CNC1CC2(C1)CC(C(=O)OC)C2. The first-order valence-electron chi connectivity index (χ1n) is 12.6. The van der Waals surface area contributed by atoms with Gasteiger partial charge in [0.05, 0.1) is 36.5 Å². The van der Waals surface area contributed by atoms with Crippen LogP contribution >= 0.6 is 0 Å². The molecule has 3 aliphatic rings. The van der Waals surface area contributed by atoms with Crippen molar-refractivity contribution in [3.8, 4) is 0 Å². The van der Waals surface area contributed by atoms with E-state index in [1.165, 1.54) is 20.0 Å². The number of hydrogen-bond acceptors (Lipinski definition) is 7. The Bertz CT molecular complexity index is 1060. The number of H-pyrrole nitrogens is 1. The van der Waals surface area contributed by atoms with Gasteiger partial charge in [0.1, 0.15) is 11.8 Å². The molecule has 1 atom stereocenters. The summed E-state index contributed by atoms with van der Waals surface area (Å²) in [6.07, 6.45) is 11.6. The van der Waals surface area contributed by atoms with Crippen LogP contribution in [0.15, 0.2) is 12.4 Å². The highest BCUT2D eigenvalue weighted by Gasteiger charge is 2.54. The number of aldehydes is 1. The van der Waals surface area contributed by atoms with Gasteiger partial charge in [0, 0.05) is 18.2 Å². The zero-order valence-electron chi connectivity index (χ0n) is 21.1. The Labute approximate surface area is 206 Å². The molecule has 0 aliphatic heterocycles. The number of amides is 1. The highest BCUT2D eigenvalue weighted by Crippen LogP contribution is 2.58. The summed E-state index contributed by atoms with van der Waals surface area (Å²) in [6.45, 7) is 4.03. The Morgan fingerprint density at radius 2 is 1.97 bits per heavy atom. The lowest BCUT2D eigenvalue weighted by atomic mass is 9.50. The quantitative estimate of drug-likeness (QED) is 0.389. The zero-order valence-corrected chi connectivity index (χ0v) is 21.1. The minimum absolute atomic E-state index is 0.0152. The first kappa shape index (κ1) is 25.3. The van der Waals surface area contributed by atoms with Crippen LogP contribution in [0.3, 0.4) is 0 Å². The fraction of sp³-hybridized carbons (Fsp3) is 0.654. The number of methoxy groups -OCH3 is 1. The zero-order chi connectivity index (χ0) is 25.2. The average Bonchev–Trinajstić information content (AvgIpc) is 3.55. The number of aromatic nitrogens is 3. The summed E-state index contributed by atoms with van der Waals surface area (Å²) in [6, 6.07) is 0.218. The van der Waals surface area contributed by atoms with Gasteiger partial charge in [-0.3, -0.25) is 9.59 Å². The van der Waals surface area contributed by atoms with Gasteiger partial charge in [0.25, 0.3) is 5.91 Å². The molecule has 3 saturated carbocycles. The lowest BCUT2D eigenvalue weighted by Crippen LogP contribution is -2.55. The fourth-order valence-electron chi connectivity index (χ4n) is 5.40. The molecular weight excluding hydrogens is 446 g/mol. The molecule has 0 saturated heterocycles. The van der Waals surface area contributed by atoms with Crippen molar-refractivity contribution in [2.24, 2.45) is 17.3 Å². The molecule has 2 heterocycles. The van der Waals surface area contributed by atoms with Crippen molar-refractivity contribution < 1.29 is 19.1 Å². The number of carbonyl (C=O) groups is 3. The van der Waals surface area contributed by atoms with Gasteiger partial charge in [-0.1, -0.05) is 13.8 Å². The van der Waals surface area contributed by atoms with Crippen molar-refractivity contribution in [3.63, 3.8) is 0 Å². The van der Waals surface area contributed by atoms with Crippen molar-refractivity contribution in [2.75, 3.05) is 14.2 Å². The predicted octanol–water partition coefficient (Wildman–Crippen LogP) is 3.12. The van der Waals surface area contributed by atoms with Gasteiger partial charge in [-0.25, -0.2) is 9.97 Å². The first-order chi connectivity index (χ1) is 16.8.